The third kappa shape index (κ3) is 2.79. The molecule has 0 amide bonds. The molecule has 94 valence electrons. The van der Waals surface area contributed by atoms with E-state index in [9.17, 15) is 0 Å². The summed E-state index contributed by atoms with van der Waals surface area (Å²) in [6.45, 7) is 6.08. The molecule has 2 rings (SSSR count). The van der Waals surface area contributed by atoms with Crippen molar-refractivity contribution in [1.82, 2.24) is 9.97 Å². The summed E-state index contributed by atoms with van der Waals surface area (Å²) in [5.41, 5.74) is 4.09. The first-order chi connectivity index (χ1) is 8.58. The summed E-state index contributed by atoms with van der Waals surface area (Å²) in [5, 5.41) is 4.15. The Labute approximate surface area is 112 Å². The fourth-order valence-corrected chi connectivity index (χ4v) is 2.07. The molecule has 0 fully saturated rings. The molecule has 1 heterocycles. The van der Waals surface area contributed by atoms with Gasteiger partial charge in [-0.1, -0.05) is 17.7 Å². The molecule has 0 aliphatic carbocycles. The molecule has 3 nitrogen and oxygen atoms in total. The van der Waals surface area contributed by atoms with Gasteiger partial charge < -0.3 is 5.32 Å². The van der Waals surface area contributed by atoms with E-state index in [4.69, 9.17) is 11.6 Å². The highest BCUT2D eigenvalue weighted by Gasteiger charge is 2.11. The van der Waals surface area contributed by atoms with Crippen LogP contribution in [-0.4, -0.2) is 9.97 Å². The molecular weight excluding hydrogens is 246 g/mol. The summed E-state index contributed by atoms with van der Waals surface area (Å²) >= 11 is 6.01. The smallest absolute Gasteiger partial charge is 0.0835 e. The third-order valence-corrected chi connectivity index (χ3v) is 3.14. The maximum absolute atomic E-state index is 6.01. The van der Waals surface area contributed by atoms with Gasteiger partial charge in [0, 0.05) is 23.1 Å². The van der Waals surface area contributed by atoms with Crippen LogP contribution < -0.4 is 5.32 Å². The van der Waals surface area contributed by atoms with E-state index in [0.29, 0.717) is 0 Å². The van der Waals surface area contributed by atoms with Gasteiger partial charge in [0.2, 0.25) is 0 Å². The number of benzene rings is 1. The van der Waals surface area contributed by atoms with E-state index in [-0.39, 0.29) is 6.04 Å². The maximum atomic E-state index is 6.01. The number of aromatic nitrogens is 2. The molecule has 1 atom stereocenters. The average Bonchev–Trinajstić information content (AvgIpc) is 2.34. The molecular formula is C14H16ClN3. The quantitative estimate of drug-likeness (QED) is 0.910. The lowest BCUT2D eigenvalue weighted by Gasteiger charge is -2.17. The van der Waals surface area contributed by atoms with Crippen molar-refractivity contribution in [2.45, 2.75) is 26.8 Å². The zero-order valence-corrected chi connectivity index (χ0v) is 11.5. The minimum Gasteiger partial charge on any atom is -0.377 e. The molecule has 0 saturated heterocycles. The number of anilines is 1. The normalized spacial score (nSPS) is 12.2. The monoisotopic (exact) mass is 261 g/mol. The average molecular weight is 262 g/mol. The Kier molecular flexibility index (Phi) is 3.82. The number of nitrogens with zero attached hydrogens (tertiary/aromatic N) is 2. The lowest BCUT2D eigenvalue weighted by molar-refractivity contribution is 0.809. The van der Waals surface area contributed by atoms with E-state index in [1.165, 1.54) is 0 Å². The molecule has 1 unspecified atom stereocenters. The van der Waals surface area contributed by atoms with E-state index in [1.54, 1.807) is 12.4 Å². The number of aryl methyl sites for hydroxylation is 2. The lowest BCUT2D eigenvalue weighted by Crippen LogP contribution is -2.11. The zero-order chi connectivity index (χ0) is 13.1. The third-order valence-electron chi connectivity index (χ3n) is 2.90. The summed E-state index contributed by atoms with van der Waals surface area (Å²) in [7, 11) is 0. The van der Waals surface area contributed by atoms with Crippen molar-refractivity contribution in [3.63, 3.8) is 0 Å². The van der Waals surface area contributed by atoms with Gasteiger partial charge in [0.25, 0.3) is 0 Å². The van der Waals surface area contributed by atoms with Crippen LogP contribution in [0.1, 0.15) is 29.9 Å². The lowest BCUT2D eigenvalue weighted by atomic mass is 10.1. The molecule has 4 heteroatoms. The van der Waals surface area contributed by atoms with Gasteiger partial charge in [0.1, 0.15) is 0 Å². The van der Waals surface area contributed by atoms with Gasteiger partial charge in [-0.3, -0.25) is 9.97 Å². The van der Waals surface area contributed by atoms with Crippen LogP contribution in [0.4, 0.5) is 5.69 Å². The Morgan fingerprint density at radius 2 is 1.89 bits per heavy atom. The van der Waals surface area contributed by atoms with Gasteiger partial charge in [0.15, 0.2) is 0 Å². The summed E-state index contributed by atoms with van der Waals surface area (Å²) in [4.78, 5) is 8.62. The first-order valence-electron chi connectivity index (χ1n) is 5.88. The van der Waals surface area contributed by atoms with Crippen LogP contribution in [0.5, 0.6) is 0 Å². The van der Waals surface area contributed by atoms with Gasteiger partial charge in [-0.25, -0.2) is 0 Å². The second kappa shape index (κ2) is 5.36. The van der Waals surface area contributed by atoms with Gasteiger partial charge in [0.05, 0.1) is 17.4 Å². The summed E-state index contributed by atoms with van der Waals surface area (Å²) in [6, 6.07) is 5.91. The first kappa shape index (κ1) is 12.8. The van der Waals surface area contributed by atoms with Crippen molar-refractivity contribution in [2.75, 3.05) is 5.32 Å². The van der Waals surface area contributed by atoms with Crippen LogP contribution in [0.25, 0.3) is 0 Å². The number of hydrogen-bond donors (Lipinski definition) is 1. The Bertz CT molecular complexity index is 554. The van der Waals surface area contributed by atoms with E-state index in [2.05, 4.69) is 29.1 Å². The van der Waals surface area contributed by atoms with Gasteiger partial charge in [-0.15, -0.1) is 0 Å². The van der Waals surface area contributed by atoms with Crippen molar-refractivity contribution < 1.29 is 0 Å². The van der Waals surface area contributed by atoms with Gasteiger partial charge in [-0.2, -0.15) is 0 Å². The van der Waals surface area contributed by atoms with Crippen LogP contribution >= 0.6 is 11.6 Å². The Balaban J connectivity index is 2.24. The summed E-state index contributed by atoms with van der Waals surface area (Å²) in [6.07, 6.45) is 3.42. The Morgan fingerprint density at radius 1 is 1.17 bits per heavy atom. The zero-order valence-electron chi connectivity index (χ0n) is 10.7. The van der Waals surface area contributed by atoms with E-state index in [0.717, 1.165) is 27.7 Å². The molecule has 0 spiro atoms. The van der Waals surface area contributed by atoms with Crippen LogP contribution in [0.2, 0.25) is 5.02 Å². The van der Waals surface area contributed by atoms with E-state index >= 15 is 0 Å². The van der Waals surface area contributed by atoms with Crippen LogP contribution in [0.3, 0.4) is 0 Å². The van der Waals surface area contributed by atoms with Crippen LogP contribution in [0, 0.1) is 13.8 Å². The number of rotatable bonds is 3. The minimum atomic E-state index is 0.0934. The molecule has 0 radical (unpaired) electrons. The first-order valence-corrected chi connectivity index (χ1v) is 6.26. The van der Waals surface area contributed by atoms with Crippen LogP contribution in [0.15, 0.2) is 30.6 Å². The highest BCUT2D eigenvalue weighted by molar-refractivity contribution is 6.30. The highest BCUT2D eigenvalue weighted by atomic mass is 35.5. The second-order valence-corrected chi connectivity index (χ2v) is 4.79. The van der Waals surface area contributed by atoms with Gasteiger partial charge >= 0.3 is 0 Å². The Morgan fingerprint density at radius 3 is 2.61 bits per heavy atom. The molecule has 1 aromatic heterocycles. The topological polar surface area (TPSA) is 37.8 Å². The standard InChI is InChI=1S/C14H16ClN3/c1-9-4-5-12(15)8-13(9)18-11(3)14-10(2)16-6-7-17-14/h4-8,11,18H,1-3H3. The van der Waals surface area contributed by atoms with E-state index in [1.807, 2.05) is 25.1 Å². The second-order valence-electron chi connectivity index (χ2n) is 4.35. The van der Waals surface area contributed by atoms with Gasteiger partial charge in [-0.05, 0) is 38.5 Å². The largest absolute Gasteiger partial charge is 0.377 e. The highest BCUT2D eigenvalue weighted by Crippen LogP contribution is 2.25. The molecule has 0 aliphatic heterocycles. The number of halogens is 1. The number of nitrogens with one attached hydrogen (secondary N) is 1. The fraction of sp³-hybridized carbons (Fsp3) is 0.286. The van der Waals surface area contributed by atoms with Crippen molar-refractivity contribution in [3.8, 4) is 0 Å². The summed E-state index contributed by atoms with van der Waals surface area (Å²) in [5.74, 6) is 0. The van der Waals surface area contributed by atoms with Crippen molar-refractivity contribution in [1.29, 1.82) is 0 Å². The predicted octanol–water partition coefficient (Wildman–Crippen LogP) is 3.92. The molecule has 2 aromatic rings. The van der Waals surface area contributed by atoms with Crippen molar-refractivity contribution in [3.05, 3.63) is 52.6 Å². The molecule has 1 N–H and O–H groups in total. The number of hydrogen-bond acceptors (Lipinski definition) is 3. The van der Waals surface area contributed by atoms with Crippen molar-refractivity contribution >= 4 is 17.3 Å². The molecule has 18 heavy (non-hydrogen) atoms. The summed E-state index contributed by atoms with van der Waals surface area (Å²) < 4.78 is 0. The maximum Gasteiger partial charge on any atom is 0.0835 e. The molecule has 0 saturated carbocycles. The fourth-order valence-electron chi connectivity index (χ4n) is 1.89. The molecule has 1 aromatic carbocycles. The van der Waals surface area contributed by atoms with Crippen LogP contribution in [-0.2, 0) is 0 Å². The Hall–Kier alpha value is -1.61. The molecule has 0 aliphatic rings. The SMILES string of the molecule is Cc1ccc(Cl)cc1NC(C)c1nccnc1C. The molecule has 0 bridgehead atoms. The minimum absolute atomic E-state index is 0.0934. The van der Waals surface area contributed by atoms with Crippen molar-refractivity contribution in [2.24, 2.45) is 0 Å². The van der Waals surface area contributed by atoms with E-state index < -0.39 is 0 Å². The predicted molar refractivity (Wildman–Crippen MR) is 75.0 cm³/mol.